The molecule has 8 nitrogen and oxygen atoms in total. The molecule has 0 aliphatic carbocycles. The summed E-state index contributed by atoms with van der Waals surface area (Å²) in [5, 5.41) is 22.0. The monoisotopic (exact) mass is 358 g/mol. The zero-order valence-electron chi connectivity index (χ0n) is 15.2. The first kappa shape index (κ1) is 18.5. The van der Waals surface area contributed by atoms with Crippen molar-refractivity contribution in [3.63, 3.8) is 0 Å². The Hall–Kier alpha value is -2.32. The molecule has 0 saturated carbocycles. The van der Waals surface area contributed by atoms with E-state index >= 15 is 0 Å². The van der Waals surface area contributed by atoms with Gasteiger partial charge in [-0.3, -0.25) is 9.69 Å². The van der Waals surface area contributed by atoms with Crippen LogP contribution in [-0.2, 0) is 17.9 Å². The lowest BCUT2D eigenvalue weighted by molar-refractivity contribution is -0.131. The number of tetrazole rings is 1. The van der Waals surface area contributed by atoms with E-state index in [9.17, 15) is 9.90 Å². The molecule has 3 rings (SSSR count). The fraction of sp³-hybridized carbons (Fsp3) is 0.556. The van der Waals surface area contributed by atoms with Crippen molar-refractivity contribution in [3.8, 4) is 0 Å². The summed E-state index contributed by atoms with van der Waals surface area (Å²) < 4.78 is 1.57. The zero-order valence-corrected chi connectivity index (χ0v) is 15.2. The number of likely N-dealkylation sites (N-methyl/N-ethyl adjacent to an activating group) is 1. The van der Waals surface area contributed by atoms with Gasteiger partial charge in [0.15, 0.2) is 5.82 Å². The van der Waals surface area contributed by atoms with Gasteiger partial charge in [0.1, 0.15) is 6.54 Å². The first-order valence-electron chi connectivity index (χ1n) is 9.08. The number of aliphatic hydroxyl groups excluding tert-OH is 1. The number of amides is 1. The molecule has 2 heterocycles. The van der Waals surface area contributed by atoms with E-state index in [-0.39, 0.29) is 12.5 Å². The molecule has 1 fully saturated rings. The fourth-order valence-corrected chi connectivity index (χ4v) is 3.13. The van der Waals surface area contributed by atoms with E-state index in [1.54, 1.807) is 16.6 Å². The van der Waals surface area contributed by atoms with Crippen molar-refractivity contribution in [2.75, 3.05) is 26.7 Å². The van der Waals surface area contributed by atoms with E-state index in [2.05, 4.69) is 20.4 Å². The lowest BCUT2D eigenvalue weighted by Crippen LogP contribution is -2.33. The van der Waals surface area contributed by atoms with Crippen molar-refractivity contribution in [3.05, 3.63) is 41.7 Å². The molecule has 0 radical (unpaired) electrons. The summed E-state index contributed by atoms with van der Waals surface area (Å²) in [5.74, 6) is 0.651. The predicted octanol–water partition coefficient (Wildman–Crippen LogP) is 0.851. The average Bonchev–Trinajstić information content (AvgIpc) is 3.33. The van der Waals surface area contributed by atoms with E-state index in [1.807, 2.05) is 30.3 Å². The Labute approximate surface area is 153 Å². The number of aromatic nitrogens is 4. The van der Waals surface area contributed by atoms with Crippen LogP contribution < -0.4 is 0 Å². The molecular formula is C18H26N6O2. The van der Waals surface area contributed by atoms with Crippen molar-refractivity contribution in [1.29, 1.82) is 0 Å². The second-order valence-corrected chi connectivity index (χ2v) is 6.77. The highest BCUT2D eigenvalue weighted by Gasteiger charge is 2.19. The Kier molecular flexibility index (Phi) is 6.30. The number of hydrogen-bond donors (Lipinski definition) is 1. The third-order valence-electron chi connectivity index (χ3n) is 4.80. The molecule has 0 spiro atoms. The van der Waals surface area contributed by atoms with E-state index in [0.29, 0.717) is 19.5 Å². The largest absolute Gasteiger partial charge is 0.388 e. The molecule has 140 valence electrons. The molecule has 2 aromatic rings. The molecule has 0 unspecified atom stereocenters. The van der Waals surface area contributed by atoms with Crippen LogP contribution in [0.25, 0.3) is 0 Å². The van der Waals surface area contributed by atoms with Crippen molar-refractivity contribution in [2.24, 2.45) is 0 Å². The van der Waals surface area contributed by atoms with Gasteiger partial charge >= 0.3 is 0 Å². The van der Waals surface area contributed by atoms with Gasteiger partial charge in [0, 0.05) is 13.6 Å². The van der Waals surface area contributed by atoms with Gasteiger partial charge in [0.2, 0.25) is 5.91 Å². The SMILES string of the molecule is CN(CC[C@H](O)c1ccccc1)C(=O)Cn1nnnc1CN1CCCC1. The van der Waals surface area contributed by atoms with Crippen molar-refractivity contribution >= 4 is 5.91 Å². The Bertz CT molecular complexity index is 699. The molecule has 1 saturated heterocycles. The van der Waals surface area contributed by atoms with Crippen molar-refractivity contribution in [1.82, 2.24) is 30.0 Å². The average molecular weight is 358 g/mol. The van der Waals surface area contributed by atoms with Crippen molar-refractivity contribution in [2.45, 2.75) is 38.5 Å². The van der Waals surface area contributed by atoms with E-state index < -0.39 is 6.10 Å². The van der Waals surface area contributed by atoms with Gasteiger partial charge in [-0.1, -0.05) is 30.3 Å². The summed E-state index contributed by atoms with van der Waals surface area (Å²) in [7, 11) is 1.74. The van der Waals surface area contributed by atoms with Gasteiger partial charge in [-0.2, -0.15) is 0 Å². The standard InChI is InChI=1S/C18H26N6O2/c1-22(12-9-16(25)15-7-3-2-4-8-15)18(26)14-24-17(19-20-21-24)13-23-10-5-6-11-23/h2-4,7-8,16,25H,5-6,9-14H2,1H3/t16-/m0/s1. The minimum absolute atomic E-state index is 0.0692. The molecule has 1 aromatic carbocycles. The third kappa shape index (κ3) is 4.86. The zero-order chi connectivity index (χ0) is 18.4. The van der Waals surface area contributed by atoms with Crippen LogP contribution in [0, 0.1) is 0 Å². The first-order valence-corrected chi connectivity index (χ1v) is 9.08. The second-order valence-electron chi connectivity index (χ2n) is 6.77. The Morgan fingerprint density at radius 3 is 2.73 bits per heavy atom. The van der Waals surface area contributed by atoms with Crippen molar-refractivity contribution < 1.29 is 9.90 Å². The fourth-order valence-electron chi connectivity index (χ4n) is 3.13. The highest BCUT2D eigenvalue weighted by molar-refractivity contribution is 5.75. The van der Waals surface area contributed by atoms with Gasteiger partial charge in [-0.25, -0.2) is 4.68 Å². The topological polar surface area (TPSA) is 87.4 Å². The molecule has 26 heavy (non-hydrogen) atoms. The number of nitrogens with zero attached hydrogens (tertiary/aromatic N) is 6. The van der Waals surface area contributed by atoms with Crippen LogP contribution in [-0.4, -0.2) is 67.7 Å². The van der Waals surface area contributed by atoms with Gasteiger partial charge in [-0.15, -0.1) is 5.10 Å². The highest BCUT2D eigenvalue weighted by Crippen LogP contribution is 2.16. The molecule has 1 N–H and O–H groups in total. The summed E-state index contributed by atoms with van der Waals surface area (Å²) in [5.41, 5.74) is 0.863. The summed E-state index contributed by atoms with van der Waals surface area (Å²) in [6.45, 7) is 3.37. The van der Waals surface area contributed by atoms with Crippen LogP contribution >= 0.6 is 0 Å². The summed E-state index contributed by atoms with van der Waals surface area (Å²) in [6, 6.07) is 9.48. The highest BCUT2D eigenvalue weighted by atomic mass is 16.3. The predicted molar refractivity (Wildman–Crippen MR) is 96.0 cm³/mol. The van der Waals surface area contributed by atoms with Gasteiger partial charge in [0.25, 0.3) is 0 Å². The maximum atomic E-state index is 12.5. The molecule has 1 atom stereocenters. The number of carbonyl (C=O) groups excluding carboxylic acids is 1. The number of aliphatic hydroxyl groups is 1. The molecule has 1 aromatic heterocycles. The molecule has 1 aliphatic heterocycles. The molecular weight excluding hydrogens is 332 g/mol. The van der Waals surface area contributed by atoms with E-state index in [0.717, 1.165) is 24.5 Å². The maximum Gasteiger partial charge on any atom is 0.244 e. The van der Waals surface area contributed by atoms with E-state index in [4.69, 9.17) is 0 Å². The van der Waals surface area contributed by atoms with Gasteiger partial charge in [0.05, 0.1) is 12.6 Å². The summed E-state index contributed by atoms with van der Waals surface area (Å²) in [6.07, 6.45) is 2.31. The third-order valence-corrected chi connectivity index (χ3v) is 4.80. The van der Waals surface area contributed by atoms with Crippen LogP contribution in [0.4, 0.5) is 0 Å². The lowest BCUT2D eigenvalue weighted by atomic mass is 10.1. The summed E-state index contributed by atoms with van der Waals surface area (Å²) >= 11 is 0. The van der Waals surface area contributed by atoms with Crippen LogP contribution in [0.2, 0.25) is 0 Å². The van der Waals surface area contributed by atoms with Crippen LogP contribution in [0.15, 0.2) is 30.3 Å². The normalized spacial score (nSPS) is 15.9. The van der Waals surface area contributed by atoms with Gasteiger partial charge in [-0.05, 0) is 48.3 Å². The molecule has 1 amide bonds. The molecule has 8 heteroatoms. The van der Waals surface area contributed by atoms with Gasteiger partial charge < -0.3 is 10.0 Å². The number of hydrogen-bond acceptors (Lipinski definition) is 6. The minimum atomic E-state index is -0.579. The Morgan fingerprint density at radius 2 is 2.00 bits per heavy atom. The van der Waals surface area contributed by atoms with E-state index in [1.165, 1.54) is 12.8 Å². The minimum Gasteiger partial charge on any atom is -0.388 e. The number of carbonyl (C=O) groups is 1. The quantitative estimate of drug-likeness (QED) is 0.753. The van der Waals surface area contributed by atoms with Crippen LogP contribution in [0.5, 0.6) is 0 Å². The molecule has 0 bridgehead atoms. The second kappa shape index (κ2) is 8.86. The summed E-state index contributed by atoms with van der Waals surface area (Å²) in [4.78, 5) is 16.4. The van der Waals surface area contributed by atoms with Crippen LogP contribution in [0.1, 0.15) is 36.8 Å². The number of benzene rings is 1. The number of rotatable bonds is 8. The Morgan fingerprint density at radius 1 is 1.27 bits per heavy atom. The smallest absolute Gasteiger partial charge is 0.244 e. The Balaban J connectivity index is 1.49. The lowest BCUT2D eigenvalue weighted by Gasteiger charge is -2.20. The number of likely N-dealkylation sites (tertiary alicyclic amines) is 1. The first-order chi connectivity index (χ1) is 12.6. The molecule has 1 aliphatic rings. The van der Waals surface area contributed by atoms with Crippen LogP contribution in [0.3, 0.4) is 0 Å². The maximum absolute atomic E-state index is 12.5.